The summed E-state index contributed by atoms with van der Waals surface area (Å²) in [6, 6.07) is 18.4. The Hall–Kier alpha value is -3.90. The first kappa shape index (κ1) is 22.3. The summed E-state index contributed by atoms with van der Waals surface area (Å²) in [6.45, 7) is 3.93. The summed E-state index contributed by atoms with van der Waals surface area (Å²) in [4.78, 5) is 24.8. The van der Waals surface area contributed by atoms with Gasteiger partial charge in [-0.3, -0.25) is 4.79 Å². The molecule has 1 aromatic heterocycles. The number of rotatable bonds is 7. The molecule has 166 valence electrons. The van der Waals surface area contributed by atoms with Gasteiger partial charge in [-0.2, -0.15) is 0 Å². The molecule has 4 aromatic rings. The van der Waals surface area contributed by atoms with Crippen molar-refractivity contribution in [3.63, 3.8) is 0 Å². The molecule has 0 aliphatic carbocycles. The molecule has 0 atom stereocenters. The van der Waals surface area contributed by atoms with Crippen LogP contribution in [0.15, 0.2) is 66.7 Å². The number of methoxy groups -OCH3 is 1. The molecule has 0 amide bonds. The second-order valence-electron chi connectivity index (χ2n) is 7.61. The molecule has 6 heteroatoms. The van der Waals surface area contributed by atoms with E-state index in [9.17, 15) is 9.59 Å². The van der Waals surface area contributed by atoms with Crippen LogP contribution in [-0.4, -0.2) is 24.0 Å². The minimum Gasteiger partial charge on any atom is -0.497 e. The number of hydrogen-bond donors (Lipinski definition) is 1. The summed E-state index contributed by atoms with van der Waals surface area (Å²) in [6.07, 6.45) is 2.59. The lowest BCUT2D eigenvalue weighted by Crippen LogP contribution is -2.03. The van der Waals surface area contributed by atoms with E-state index in [0.717, 1.165) is 32.9 Å². The second-order valence-corrected chi connectivity index (χ2v) is 8.66. The standard InChI is InChI=1S/C27H22O5S/c1-16-4-11-21(17(2)14-16)25(30)27-26(22-12-10-20(31-3)15-23(22)33-27)32-19-8-5-18(6-9-19)7-13-24(28)29/h4-15H,1-3H3,(H,28,29). The Labute approximate surface area is 195 Å². The molecule has 1 N–H and O–H groups in total. The van der Waals surface area contributed by atoms with Crippen LogP contribution in [0.1, 0.15) is 31.9 Å². The molecule has 0 aliphatic heterocycles. The van der Waals surface area contributed by atoms with E-state index in [0.29, 0.717) is 27.7 Å². The highest BCUT2D eigenvalue weighted by atomic mass is 32.1. The van der Waals surface area contributed by atoms with Crippen LogP contribution in [-0.2, 0) is 4.79 Å². The maximum Gasteiger partial charge on any atom is 0.328 e. The van der Waals surface area contributed by atoms with Crippen molar-refractivity contribution in [1.29, 1.82) is 0 Å². The third-order valence-electron chi connectivity index (χ3n) is 5.20. The van der Waals surface area contributed by atoms with Gasteiger partial charge >= 0.3 is 5.97 Å². The Bertz CT molecular complexity index is 1380. The van der Waals surface area contributed by atoms with Gasteiger partial charge in [-0.05, 0) is 61.4 Å². The first-order valence-corrected chi connectivity index (χ1v) is 11.1. The molecule has 0 fully saturated rings. The van der Waals surface area contributed by atoms with Gasteiger partial charge in [0.05, 0.1) is 7.11 Å². The number of carbonyl (C=O) groups is 2. The van der Waals surface area contributed by atoms with Crippen molar-refractivity contribution in [3.05, 3.63) is 93.9 Å². The molecule has 0 aliphatic rings. The van der Waals surface area contributed by atoms with Crippen molar-refractivity contribution in [2.45, 2.75) is 13.8 Å². The molecule has 0 bridgehead atoms. The van der Waals surface area contributed by atoms with Crippen molar-refractivity contribution >= 4 is 39.3 Å². The van der Waals surface area contributed by atoms with Crippen molar-refractivity contribution in [2.24, 2.45) is 0 Å². The maximum atomic E-state index is 13.6. The molecular weight excluding hydrogens is 436 g/mol. The van der Waals surface area contributed by atoms with Gasteiger partial charge in [-0.1, -0.05) is 35.9 Å². The molecule has 0 saturated heterocycles. The van der Waals surface area contributed by atoms with Crippen molar-refractivity contribution in [2.75, 3.05) is 7.11 Å². The summed E-state index contributed by atoms with van der Waals surface area (Å²) in [5.74, 6) is 0.647. The Balaban J connectivity index is 1.77. The highest BCUT2D eigenvalue weighted by Crippen LogP contribution is 2.43. The summed E-state index contributed by atoms with van der Waals surface area (Å²) in [7, 11) is 1.61. The van der Waals surface area contributed by atoms with E-state index in [4.69, 9.17) is 14.6 Å². The fourth-order valence-electron chi connectivity index (χ4n) is 3.55. The molecule has 33 heavy (non-hydrogen) atoms. The van der Waals surface area contributed by atoms with Crippen LogP contribution in [0.3, 0.4) is 0 Å². The number of benzene rings is 3. The zero-order chi connectivity index (χ0) is 23.5. The fraction of sp³-hybridized carbons (Fsp3) is 0.111. The van der Waals surface area contributed by atoms with Gasteiger partial charge < -0.3 is 14.6 Å². The van der Waals surface area contributed by atoms with E-state index < -0.39 is 5.97 Å². The van der Waals surface area contributed by atoms with E-state index in [1.54, 1.807) is 31.4 Å². The number of ether oxygens (including phenoxy) is 2. The quantitative estimate of drug-likeness (QED) is 0.248. The number of fused-ring (bicyclic) bond motifs is 1. The van der Waals surface area contributed by atoms with Gasteiger partial charge in [0, 0.05) is 21.7 Å². The van der Waals surface area contributed by atoms with Crippen LogP contribution in [0.5, 0.6) is 17.2 Å². The smallest absolute Gasteiger partial charge is 0.328 e. The lowest BCUT2D eigenvalue weighted by atomic mass is 10.0. The van der Waals surface area contributed by atoms with Crippen LogP contribution >= 0.6 is 11.3 Å². The fourth-order valence-corrected chi connectivity index (χ4v) is 4.67. The minimum absolute atomic E-state index is 0.0938. The Morgan fingerprint density at radius 1 is 0.939 bits per heavy atom. The van der Waals surface area contributed by atoms with E-state index in [1.165, 1.54) is 17.4 Å². The summed E-state index contributed by atoms with van der Waals surface area (Å²) < 4.78 is 12.5. The van der Waals surface area contributed by atoms with Crippen LogP contribution in [0.4, 0.5) is 0 Å². The van der Waals surface area contributed by atoms with E-state index in [-0.39, 0.29) is 5.78 Å². The largest absolute Gasteiger partial charge is 0.497 e. The van der Waals surface area contributed by atoms with Gasteiger partial charge in [0.2, 0.25) is 5.78 Å². The SMILES string of the molecule is COc1ccc2c(Oc3ccc(C=CC(=O)O)cc3)c(C(=O)c3ccc(C)cc3C)sc2c1. The van der Waals surface area contributed by atoms with E-state index in [2.05, 4.69) is 0 Å². The number of hydrogen-bond acceptors (Lipinski definition) is 5. The number of aliphatic carboxylic acids is 1. The number of thiophene rings is 1. The van der Waals surface area contributed by atoms with Crippen LogP contribution < -0.4 is 9.47 Å². The predicted molar refractivity (Wildman–Crippen MR) is 131 cm³/mol. The van der Waals surface area contributed by atoms with Gasteiger partial charge in [-0.15, -0.1) is 11.3 Å². The molecule has 5 nitrogen and oxygen atoms in total. The number of aryl methyl sites for hydroxylation is 2. The number of carboxylic acid groups (broad SMARTS) is 1. The van der Waals surface area contributed by atoms with Crippen molar-refractivity contribution < 1.29 is 24.2 Å². The zero-order valence-electron chi connectivity index (χ0n) is 18.4. The normalized spacial score (nSPS) is 11.1. The molecular formula is C27H22O5S. The van der Waals surface area contributed by atoms with E-state index >= 15 is 0 Å². The third-order valence-corrected chi connectivity index (χ3v) is 6.34. The average Bonchev–Trinajstić information content (AvgIpc) is 3.15. The zero-order valence-corrected chi connectivity index (χ0v) is 19.2. The molecule has 0 unspecified atom stereocenters. The van der Waals surface area contributed by atoms with Crippen molar-refractivity contribution in [1.82, 2.24) is 0 Å². The van der Waals surface area contributed by atoms with Crippen LogP contribution in [0.25, 0.3) is 16.2 Å². The molecule has 0 radical (unpaired) electrons. The Kier molecular flexibility index (Phi) is 6.29. The lowest BCUT2D eigenvalue weighted by molar-refractivity contribution is -0.131. The number of carbonyl (C=O) groups excluding carboxylic acids is 1. The van der Waals surface area contributed by atoms with Gasteiger partial charge in [0.1, 0.15) is 16.4 Å². The van der Waals surface area contributed by atoms with Gasteiger partial charge in [0.15, 0.2) is 5.75 Å². The highest BCUT2D eigenvalue weighted by molar-refractivity contribution is 7.21. The Morgan fingerprint density at radius 2 is 1.67 bits per heavy atom. The van der Waals surface area contributed by atoms with Crippen LogP contribution in [0.2, 0.25) is 0 Å². The van der Waals surface area contributed by atoms with Crippen LogP contribution in [0, 0.1) is 13.8 Å². The lowest BCUT2D eigenvalue weighted by Gasteiger charge is -2.10. The summed E-state index contributed by atoms with van der Waals surface area (Å²) in [5.41, 5.74) is 3.38. The first-order valence-electron chi connectivity index (χ1n) is 10.3. The first-order chi connectivity index (χ1) is 15.9. The summed E-state index contributed by atoms with van der Waals surface area (Å²) >= 11 is 1.37. The minimum atomic E-state index is -1.01. The second kappa shape index (κ2) is 9.30. The molecule has 1 heterocycles. The maximum absolute atomic E-state index is 13.6. The molecule has 3 aromatic carbocycles. The number of ketones is 1. The average molecular weight is 459 g/mol. The van der Waals surface area contributed by atoms with Crippen molar-refractivity contribution in [3.8, 4) is 17.2 Å². The summed E-state index contributed by atoms with van der Waals surface area (Å²) in [5, 5.41) is 9.62. The highest BCUT2D eigenvalue weighted by Gasteiger charge is 2.23. The molecule has 0 spiro atoms. The molecule has 4 rings (SSSR count). The predicted octanol–water partition coefficient (Wildman–Crippen LogP) is 6.65. The van der Waals surface area contributed by atoms with Gasteiger partial charge in [0.25, 0.3) is 0 Å². The third kappa shape index (κ3) is 4.81. The van der Waals surface area contributed by atoms with E-state index in [1.807, 2.05) is 50.2 Å². The topological polar surface area (TPSA) is 72.8 Å². The monoisotopic (exact) mass is 458 g/mol. The van der Waals surface area contributed by atoms with Gasteiger partial charge in [-0.25, -0.2) is 4.79 Å². The Morgan fingerprint density at radius 3 is 2.33 bits per heavy atom. The molecule has 0 saturated carbocycles. The number of carboxylic acids is 1.